The molecule has 0 radical (unpaired) electrons. The number of benzene rings is 2. The van der Waals surface area contributed by atoms with Gasteiger partial charge in [-0.1, -0.05) is 41.9 Å². The summed E-state index contributed by atoms with van der Waals surface area (Å²) in [6.45, 7) is 0. The highest BCUT2D eigenvalue weighted by Gasteiger charge is 2.22. The van der Waals surface area contributed by atoms with Crippen LogP contribution in [0.5, 0.6) is 5.75 Å². The number of aromatic nitrogens is 2. The minimum atomic E-state index is -3.66. The molecule has 6 nitrogen and oxygen atoms in total. The van der Waals surface area contributed by atoms with Gasteiger partial charge >= 0.3 is 0 Å². The smallest absolute Gasteiger partial charge is 0.250 e. The average molecular weight is 391 g/mol. The van der Waals surface area contributed by atoms with E-state index < -0.39 is 10.0 Å². The van der Waals surface area contributed by atoms with E-state index >= 15 is 0 Å². The van der Waals surface area contributed by atoms with E-state index in [1.54, 1.807) is 48.5 Å². The van der Waals surface area contributed by atoms with Gasteiger partial charge in [-0.15, -0.1) is 0 Å². The van der Waals surface area contributed by atoms with E-state index in [1.165, 1.54) is 13.3 Å². The summed E-state index contributed by atoms with van der Waals surface area (Å²) in [7, 11) is -2.17. The summed E-state index contributed by atoms with van der Waals surface area (Å²) in [6.07, 6.45) is 2.24. The van der Waals surface area contributed by atoms with Crippen molar-refractivity contribution in [3.05, 3.63) is 70.9 Å². The van der Waals surface area contributed by atoms with Gasteiger partial charge in [0.05, 0.1) is 30.1 Å². The van der Waals surface area contributed by atoms with Crippen molar-refractivity contribution in [2.24, 2.45) is 0 Å². The third-order valence-corrected chi connectivity index (χ3v) is 4.90. The van der Waals surface area contributed by atoms with Crippen molar-refractivity contribution in [1.82, 2.24) is 9.19 Å². The Morgan fingerprint density at radius 2 is 1.85 bits per heavy atom. The molecule has 3 aromatic rings. The highest BCUT2D eigenvalue weighted by atomic mass is 35.5. The molecule has 0 bridgehead atoms. The Hall–Kier alpha value is -2.64. The molecule has 0 fully saturated rings. The first-order valence-corrected chi connectivity index (χ1v) is 9.78. The molecule has 0 unspecified atom stereocenters. The molecule has 0 atom stereocenters. The minimum Gasteiger partial charge on any atom is -0.495 e. The van der Waals surface area contributed by atoms with Crippen LogP contribution in [0.4, 0.5) is 0 Å². The molecule has 0 aliphatic heterocycles. The van der Waals surface area contributed by atoms with Crippen molar-refractivity contribution in [2.75, 3.05) is 13.4 Å². The maximum absolute atomic E-state index is 12.9. The van der Waals surface area contributed by atoms with Crippen LogP contribution in [0, 0.1) is 0 Å². The lowest BCUT2D eigenvalue weighted by Gasteiger charge is -2.06. The Morgan fingerprint density at radius 1 is 1.15 bits per heavy atom. The normalized spacial score (nSPS) is 11.3. The molecule has 0 aliphatic carbocycles. The number of carbonyl (C=O) groups excluding carboxylic acids is 1. The molecule has 26 heavy (non-hydrogen) atoms. The van der Waals surface area contributed by atoms with Crippen molar-refractivity contribution in [2.45, 2.75) is 0 Å². The summed E-state index contributed by atoms with van der Waals surface area (Å²) < 4.78 is 29.7. The number of hydrogen-bond acceptors (Lipinski definition) is 5. The number of ether oxygens (including phenoxy) is 1. The zero-order valence-corrected chi connectivity index (χ0v) is 15.6. The Morgan fingerprint density at radius 3 is 2.42 bits per heavy atom. The van der Waals surface area contributed by atoms with Gasteiger partial charge in [-0.3, -0.25) is 4.79 Å². The van der Waals surface area contributed by atoms with Crippen LogP contribution in [-0.2, 0) is 10.0 Å². The fourth-order valence-electron chi connectivity index (χ4n) is 2.46. The van der Waals surface area contributed by atoms with Gasteiger partial charge in [0.15, 0.2) is 5.78 Å². The predicted octanol–water partition coefficient (Wildman–Crippen LogP) is 3.25. The highest BCUT2D eigenvalue weighted by Crippen LogP contribution is 2.32. The minimum absolute atomic E-state index is 0.169. The lowest BCUT2D eigenvalue weighted by atomic mass is 10.0. The highest BCUT2D eigenvalue weighted by molar-refractivity contribution is 7.89. The number of carbonyl (C=O) groups is 1. The molecule has 2 aromatic carbocycles. The summed E-state index contributed by atoms with van der Waals surface area (Å²) in [5.41, 5.74) is 1.34. The molecule has 1 heterocycles. The monoisotopic (exact) mass is 390 g/mol. The second-order valence-corrected chi connectivity index (χ2v) is 7.82. The standard InChI is InChI=1S/C18H15ClN2O4S/c1-25-16-9-8-13(10-15(16)19)17-14(11-21(20-17)26(2,23)24)18(22)12-6-4-3-5-7-12/h3-11H,1-2H3. The average Bonchev–Trinajstić information content (AvgIpc) is 3.07. The maximum atomic E-state index is 12.9. The first kappa shape index (κ1) is 18.2. The molecule has 0 saturated heterocycles. The van der Waals surface area contributed by atoms with Crippen LogP contribution in [0.15, 0.2) is 54.7 Å². The van der Waals surface area contributed by atoms with Crippen LogP contribution in [-0.4, -0.2) is 36.8 Å². The van der Waals surface area contributed by atoms with E-state index in [9.17, 15) is 13.2 Å². The number of ketones is 1. The van der Waals surface area contributed by atoms with Gasteiger partial charge in [-0.05, 0) is 18.2 Å². The molecule has 3 rings (SSSR count). The first-order chi connectivity index (χ1) is 12.3. The summed E-state index contributed by atoms with van der Waals surface area (Å²) >= 11 is 6.16. The lowest BCUT2D eigenvalue weighted by molar-refractivity contribution is 0.103. The number of nitrogens with zero attached hydrogens (tertiary/aromatic N) is 2. The molecule has 0 amide bonds. The number of hydrogen-bond donors (Lipinski definition) is 0. The van der Waals surface area contributed by atoms with Gasteiger partial charge in [0.2, 0.25) is 0 Å². The van der Waals surface area contributed by atoms with Crippen LogP contribution >= 0.6 is 11.6 Å². The van der Waals surface area contributed by atoms with Crippen LogP contribution in [0.2, 0.25) is 5.02 Å². The molecule has 1 aromatic heterocycles. The van der Waals surface area contributed by atoms with Crippen molar-refractivity contribution < 1.29 is 17.9 Å². The molecular weight excluding hydrogens is 376 g/mol. The fourth-order valence-corrected chi connectivity index (χ4v) is 3.25. The SMILES string of the molecule is COc1ccc(-c2nn(S(C)(=O)=O)cc2C(=O)c2ccccc2)cc1Cl. The molecule has 8 heteroatoms. The van der Waals surface area contributed by atoms with E-state index in [1.807, 2.05) is 0 Å². The van der Waals surface area contributed by atoms with Crippen LogP contribution in [0.25, 0.3) is 11.3 Å². The summed E-state index contributed by atoms with van der Waals surface area (Å²) in [4.78, 5) is 12.9. The molecular formula is C18H15ClN2O4S. The predicted molar refractivity (Wildman–Crippen MR) is 99.3 cm³/mol. The third kappa shape index (κ3) is 3.49. The maximum Gasteiger partial charge on any atom is 0.250 e. The Labute approximate surface area is 156 Å². The second-order valence-electron chi connectivity index (χ2n) is 5.57. The number of rotatable bonds is 5. The zero-order chi connectivity index (χ0) is 18.9. The molecule has 0 aliphatic rings. The molecule has 0 spiro atoms. The molecule has 0 N–H and O–H groups in total. The quantitative estimate of drug-likeness (QED) is 0.625. The van der Waals surface area contributed by atoms with Gasteiger partial charge < -0.3 is 4.74 Å². The van der Waals surface area contributed by atoms with Crippen LogP contribution < -0.4 is 4.74 Å². The van der Waals surface area contributed by atoms with E-state index in [0.717, 1.165) is 10.3 Å². The van der Waals surface area contributed by atoms with Gasteiger partial charge in [0.25, 0.3) is 10.0 Å². The van der Waals surface area contributed by atoms with E-state index in [2.05, 4.69) is 5.10 Å². The van der Waals surface area contributed by atoms with Gasteiger partial charge in [0.1, 0.15) is 11.4 Å². The van der Waals surface area contributed by atoms with Crippen molar-refractivity contribution in [3.8, 4) is 17.0 Å². The zero-order valence-electron chi connectivity index (χ0n) is 14.0. The Balaban J connectivity index is 2.19. The third-order valence-electron chi connectivity index (χ3n) is 3.74. The van der Waals surface area contributed by atoms with Crippen molar-refractivity contribution >= 4 is 27.4 Å². The van der Waals surface area contributed by atoms with Gasteiger partial charge in [0, 0.05) is 11.1 Å². The second kappa shape index (κ2) is 6.93. The topological polar surface area (TPSA) is 78.3 Å². The van der Waals surface area contributed by atoms with Gasteiger partial charge in [-0.2, -0.15) is 9.19 Å². The van der Waals surface area contributed by atoms with E-state index in [4.69, 9.17) is 16.3 Å². The van der Waals surface area contributed by atoms with Crippen LogP contribution in [0.1, 0.15) is 15.9 Å². The Bertz CT molecular complexity index is 1080. The molecule has 0 saturated carbocycles. The molecule has 134 valence electrons. The number of methoxy groups -OCH3 is 1. The van der Waals surface area contributed by atoms with Crippen molar-refractivity contribution in [1.29, 1.82) is 0 Å². The fraction of sp³-hybridized carbons (Fsp3) is 0.111. The lowest BCUT2D eigenvalue weighted by Crippen LogP contribution is -2.10. The summed E-state index contributed by atoms with van der Waals surface area (Å²) in [5, 5.41) is 4.43. The van der Waals surface area contributed by atoms with E-state index in [0.29, 0.717) is 21.9 Å². The van der Waals surface area contributed by atoms with E-state index in [-0.39, 0.29) is 17.0 Å². The summed E-state index contributed by atoms with van der Waals surface area (Å²) in [5.74, 6) is 0.135. The Kier molecular flexibility index (Phi) is 4.84. The number of halogens is 1. The van der Waals surface area contributed by atoms with Gasteiger partial charge in [-0.25, -0.2) is 8.42 Å². The first-order valence-electron chi connectivity index (χ1n) is 7.55. The van der Waals surface area contributed by atoms with Crippen LogP contribution in [0.3, 0.4) is 0 Å². The largest absolute Gasteiger partial charge is 0.495 e. The summed E-state index contributed by atoms with van der Waals surface area (Å²) in [6, 6.07) is 13.5. The van der Waals surface area contributed by atoms with Crippen molar-refractivity contribution in [3.63, 3.8) is 0 Å².